The molecule has 0 bridgehead atoms. The Balaban J connectivity index is 1.93. The summed E-state index contributed by atoms with van der Waals surface area (Å²) in [6, 6.07) is 14.4. The van der Waals surface area contributed by atoms with E-state index in [1.165, 1.54) is 0 Å². The molecule has 23 heavy (non-hydrogen) atoms. The lowest BCUT2D eigenvalue weighted by molar-refractivity contribution is 0.0966. The number of hydrogen-bond acceptors (Lipinski definition) is 3. The van der Waals surface area contributed by atoms with Crippen LogP contribution in [-0.4, -0.2) is 30.3 Å². The maximum absolute atomic E-state index is 12.2. The van der Waals surface area contributed by atoms with Crippen LogP contribution in [0.5, 0.6) is 11.5 Å². The van der Waals surface area contributed by atoms with E-state index in [1.807, 2.05) is 36.4 Å². The van der Waals surface area contributed by atoms with Crippen LogP contribution < -0.4 is 4.74 Å². The average molecular weight is 332 g/mol. The number of rotatable bonds is 8. The summed E-state index contributed by atoms with van der Waals surface area (Å²) in [6.45, 7) is 6.96. The van der Waals surface area contributed by atoms with Crippen molar-refractivity contribution in [2.75, 3.05) is 19.6 Å². The van der Waals surface area contributed by atoms with Gasteiger partial charge < -0.3 is 9.64 Å². The van der Waals surface area contributed by atoms with Crippen molar-refractivity contribution in [3.05, 3.63) is 59.1 Å². The van der Waals surface area contributed by atoms with Crippen molar-refractivity contribution in [1.29, 1.82) is 0 Å². The lowest BCUT2D eigenvalue weighted by Gasteiger charge is -2.17. The largest absolute Gasteiger partial charge is 0.457 e. The van der Waals surface area contributed by atoms with E-state index < -0.39 is 0 Å². The SMILES string of the molecule is CCN(CC)CCC(=O)c1ccc(Oc2ccc(Cl)cc2)cc1. The number of carbonyl (C=O) groups excluding carboxylic acids is 1. The highest BCUT2D eigenvalue weighted by molar-refractivity contribution is 6.30. The van der Waals surface area contributed by atoms with E-state index >= 15 is 0 Å². The quantitative estimate of drug-likeness (QED) is 0.634. The minimum Gasteiger partial charge on any atom is -0.457 e. The minimum absolute atomic E-state index is 0.162. The van der Waals surface area contributed by atoms with Gasteiger partial charge in [-0.2, -0.15) is 0 Å². The van der Waals surface area contributed by atoms with E-state index in [4.69, 9.17) is 16.3 Å². The molecule has 0 saturated heterocycles. The predicted octanol–water partition coefficient (Wildman–Crippen LogP) is 5.05. The summed E-state index contributed by atoms with van der Waals surface area (Å²) in [5, 5.41) is 0.673. The third-order valence-electron chi connectivity index (χ3n) is 3.78. The Morgan fingerprint density at radius 3 is 2.00 bits per heavy atom. The Morgan fingerprint density at radius 1 is 0.957 bits per heavy atom. The molecule has 0 spiro atoms. The lowest BCUT2D eigenvalue weighted by atomic mass is 10.1. The molecule has 0 atom stereocenters. The lowest BCUT2D eigenvalue weighted by Crippen LogP contribution is -2.25. The molecule has 0 aliphatic heterocycles. The molecule has 0 saturated carbocycles. The standard InChI is InChI=1S/C19H22ClNO2/c1-3-21(4-2)14-13-19(22)15-5-9-17(10-6-15)23-18-11-7-16(20)8-12-18/h5-12H,3-4,13-14H2,1-2H3. The molecule has 0 unspecified atom stereocenters. The summed E-state index contributed by atoms with van der Waals surface area (Å²) in [5.41, 5.74) is 0.723. The fourth-order valence-corrected chi connectivity index (χ4v) is 2.42. The highest BCUT2D eigenvalue weighted by atomic mass is 35.5. The zero-order chi connectivity index (χ0) is 16.7. The van der Waals surface area contributed by atoms with Crippen LogP contribution in [-0.2, 0) is 0 Å². The zero-order valence-corrected chi connectivity index (χ0v) is 14.3. The molecule has 122 valence electrons. The van der Waals surface area contributed by atoms with Crippen LogP contribution in [0.1, 0.15) is 30.6 Å². The maximum Gasteiger partial charge on any atom is 0.164 e. The number of halogens is 1. The van der Waals surface area contributed by atoms with Gasteiger partial charge in [0.15, 0.2) is 5.78 Å². The van der Waals surface area contributed by atoms with Crippen LogP contribution in [0.4, 0.5) is 0 Å². The van der Waals surface area contributed by atoms with E-state index in [0.717, 1.165) is 30.9 Å². The fraction of sp³-hybridized carbons (Fsp3) is 0.316. The van der Waals surface area contributed by atoms with Gasteiger partial charge in [-0.25, -0.2) is 0 Å². The molecule has 0 radical (unpaired) electrons. The van der Waals surface area contributed by atoms with Gasteiger partial charge in [0.1, 0.15) is 11.5 Å². The van der Waals surface area contributed by atoms with Crippen molar-refractivity contribution in [3.8, 4) is 11.5 Å². The van der Waals surface area contributed by atoms with Gasteiger partial charge in [0.05, 0.1) is 0 Å². The van der Waals surface area contributed by atoms with Gasteiger partial charge in [-0.3, -0.25) is 4.79 Å². The molecule has 4 heteroatoms. The highest BCUT2D eigenvalue weighted by Crippen LogP contribution is 2.23. The van der Waals surface area contributed by atoms with Crippen molar-refractivity contribution >= 4 is 17.4 Å². The van der Waals surface area contributed by atoms with E-state index in [2.05, 4.69) is 18.7 Å². The summed E-state index contributed by atoms with van der Waals surface area (Å²) in [4.78, 5) is 14.5. The van der Waals surface area contributed by atoms with Crippen LogP contribution in [0.25, 0.3) is 0 Å². The minimum atomic E-state index is 0.162. The molecule has 2 aromatic rings. The molecule has 0 aromatic heterocycles. The highest BCUT2D eigenvalue weighted by Gasteiger charge is 2.08. The van der Waals surface area contributed by atoms with Crippen molar-refractivity contribution in [3.63, 3.8) is 0 Å². The number of carbonyl (C=O) groups is 1. The second kappa shape index (κ2) is 8.70. The number of ketones is 1. The van der Waals surface area contributed by atoms with Gasteiger partial charge in [-0.15, -0.1) is 0 Å². The first-order valence-corrected chi connectivity index (χ1v) is 8.29. The fourth-order valence-electron chi connectivity index (χ4n) is 2.29. The molecule has 0 aliphatic rings. The molecule has 0 amide bonds. The summed E-state index contributed by atoms with van der Waals surface area (Å²) in [6.07, 6.45) is 0.541. The number of benzene rings is 2. The van der Waals surface area contributed by atoms with E-state index in [9.17, 15) is 4.79 Å². The van der Waals surface area contributed by atoms with Gasteiger partial charge in [0.2, 0.25) is 0 Å². The summed E-state index contributed by atoms with van der Waals surface area (Å²) < 4.78 is 5.72. The third kappa shape index (κ3) is 5.38. The number of ether oxygens (including phenoxy) is 1. The molecule has 0 fully saturated rings. The molecule has 0 aliphatic carbocycles. The van der Waals surface area contributed by atoms with E-state index in [1.54, 1.807) is 12.1 Å². The first kappa shape index (κ1) is 17.5. The molecule has 3 nitrogen and oxygen atoms in total. The van der Waals surface area contributed by atoms with Crippen LogP contribution in [0.15, 0.2) is 48.5 Å². The second-order valence-electron chi connectivity index (χ2n) is 5.28. The maximum atomic E-state index is 12.2. The monoisotopic (exact) mass is 331 g/mol. The number of hydrogen-bond donors (Lipinski definition) is 0. The normalized spacial score (nSPS) is 10.8. The van der Waals surface area contributed by atoms with Crippen molar-refractivity contribution in [2.24, 2.45) is 0 Å². The van der Waals surface area contributed by atoms with Gasteiger partial charge in [-0.1, -0.05) is 25.4 Å². The summed E-state index contributed by atoms with van der Waals surface area (Å²) >= 11 is 5.85. The molecule has 2 aromatic carbocycles. The number of nitrogens with zero attached hydrogens (tertiary/aromatic N) is 1. The average Bonchev–Trinajstić information content (AvgIpc) is 2.58. The predicted molar refractivity (Wildman–Crippen MR) is 94.7 cm³/mol. The Morgan fingerprint density at radius 2 is 1.48 bits per heavy atom. The van der Waals surface area contributed by atoms with Crippen LogP contribution in [0, 0.1) is 0 Å². The molecular formula is C19H22ClNO2. The van der Waals surface area contributed by atoms with Crippen LogP contribution >= 0.6 is 11.6 Å². The Labute approximate surface area is 142 Å². The van der Waals surface area contributed by atoms with Crippen molar-refractivity contribution in [2.45, 2.75) is 20.3 Å². The second-order valence-corrected chi connectivity index (χ2v) is 5.72. The van der Waals surface area contributed by atoms with E-state index in [0.29, 0.717) is 17.2 Å². The Hall–Kier alpha value is -1.84. The third-order valence-corrected chi connectivity index (χ3v) is 4.03. The van der Waals surface area contributed by atoms with E-state index in [-0.39, 0.29) is 5.78 Å². The van der Waals surface area contributed by atoms with Crippen molar-refractivity contribution in [1.82, 2.24) is 4.90 Å². The molecular weight excluding hydrogens is 310 g/mol. The molecule has 2 rings (SSSR count). The van der Waals surface area contributed by atoms with Crippen LogP contribution in [0.3, 0.4) is 0 Å². The topological polar surface area (TPSA) is 29.5 Å². The van der Waals surface area contributed by atoms with Gasteiger partial charge in [0, 0.05) is 23.6 Å². The summed E-state index contributed by atoms with van der Waals surface area (Å²) in [5.74, 6) is 1.58. The summed E-state index contributed by atoms with van der Waals surface area (Å²) in [7, 11) is 0. The van der Waals surface area contributed by atoms with Crippen LogP contribution in [0.2, 0.25) is 5.02 Å². The smallest absolute Gasteiger partial charge is 0.164 e. The van der Waals surface area contributed by atoms with Crippen molar-refractivity contribution < 1.29 is 9.53 Å². The Kier molecular flexibility index (Phi) is 6.63. The van der Waals surface area contributed by atoms with Gasteiger partial charge in [0.25, 0.3) is 0 Å². The van der Waals surface area contributed by atoms with Gasteiger partial charge >= 0.3 is 0 Å². The first-order chi connectivity index (χ1) is 11.1. The Bertz CT molecular complexity index is 619. The molecule has 0 heterocycles. The first-order valence-electron chi connectivity index (χ1n) is 7.91. The van der Waals surface area contributed by atoms with Gasteiger partial charge in [-0.05, 0) is 61.6 Å². The zero-order valence-electron chi connectivity index (χ0n) is 13.6. The molecule has 0 N–H and O–H groups in total. The number of Topliss-reactive ketones (excluding diaryl/α,β-unsaturated/α-hetero) is 1.